The second-order valence-electron chi connectivity index (χ2n) is 9.15. The molecule has 0 saturated heterocycles. The molecule has 2 aromatic rings. The number of hydrogen-bond acceptors (Lipinski definition) is 5. The summed E-state index contributed by atoms with van der Waals surface area (Å²) in [7, 11) is 4.09. The first kappa shape index (κ1) is 23.9. The van der Waals surface area contributed by atoms with Crippen molar-refractivity contribution in [3.8, 4) is 0 Å². The van der Waals surface area contributed by atoms with Crippen LogP contribution in [0.25, 0.3) is 0 Å². The Morgan fingerprint density at radius 3 is 2.52 bits per heavy atom. The van der Waals surface area contributed by atoms with E-state index in [2.05, 4.69) is 20.9 Å². The zero-order chi connectivity index (χ0) is 23.4. The van der Waals surface area contributed by atoms with E-state index in [9.17, 15) is 4.79 Å². The van der Waals surface area contributed by atoms with Gasteiger partial charge < -0.3 is 20.9 Å². The summed E-state index contributed by atoms with van der Waals surface area (Å²) < 4.78 is 0. The number of carbonyl (C=O) groups is 1. The second kappa shape index (κ2) is 10.8. The van der Waals surface area contributed by atoms with Gasteiger partial charge in [0.05, 0.1) is 5.69 Å². The topological polar surface area (TPSA) is 82.2 Å². The predicted molar refractivity (Wildman–Crippen MR) is 135 cm³/mol. The molecule has 0 atom stereocenters. The van der Waals surface area contributed by atoms with E-state index < -0.39 is 0 Å². The van der Waals surface area contributed by atoms with Crippen LogP contribution in [0.5, 0.6) is 0 Å². The molecule has 9 heteroatoms. The lowest BCUT2D eigenvalue weighted by Crippen LogP contribution is -2.44. The Morgan fingerprint density at radius 1 is 1.06 bits per heavy atom. The van der Waals surface area contributed by atoms with Crippen molar-refractivity contribution in [3.05, 3.63) is 45.1 Å². The van der Waals surface area contributed by atoms with Crippen molar-refractivity contribution < 1.29 is 4.79 Å². The number of nitrogens with one attached hydrogen (secondary N) is 3. The van der Waals surface area contributed by atoms with Gasteiger partial charge >= 0.3 is 6.03 Å². The molecule has 4 rings (SSSR count). The van der Waals surface area contributed by atoms with Gasteiger partial charge in [-0.3, -0.25) is 0 Å². The summed E-state index contributed by atoms with van der Waals surface area (Å²) in [5.41, 5.74) is 3.33. The van der Waals surface area contributed by atoms with Gasteiger partial charge in [-0.25, -0.2) is 9.78 Å². The summed E-state index contributed by atoms with van der Waals surface area (Å²) in [6, 6.07) is 5.57. The zero-order valence-electron chi connectivity index (χ0n) is 19.3. The van der Waals surface area contributed by atoms with Crippen LogP contribution in [-0.4, -0.2) is 42.2 Å². The van der Waals surface area contributed by atoms with E-state index in [4.69, 9.17) is 33.2 Å². The number of anilines is 2. The molecule has 1 heterocycles. The average Bonchev–Trinajstić information content (AvgIpc) is 2.79. The third-order valence-corrected chi connectivity index (χ3v) is 7.02. The molecular weight excluding hydrogens is 459 g/mol. The molecule has 0 aliphatic heterocycles. The number of benzene rings is 1. The molecule has 178 valence electrons. The quantitative estimate of drug-likeness (QED) is 0.533. The monoisotopic (exact) mass is 490 g/mol. The van der Waals surface area contributed by atoms with Crippen molar-refractivity contribution in [1.29, 1.82) is 0 Å². The fraction of sp³-hybridized carbons (Fsp3) is 0.542. The molecule has 0 radical (unpaired) electrons. The summed E-state index contributed by atoms with van der Waals surface area (Å²) in [4.78, 5) is 24.1. The number of carbonyl (C=O) groups excluding carboxylic acids is 1. The minimum Gasteiger partial charge on any atom is -0.362 e. The highest BCUT2D eigenvalue weighted by atomic mass is 35.5. The van der Waals surface area contributed by atoms with E-state index in [1.165, 1.54) is 24.1 Å². The second-order valence-corrected chi connectivity index (χ2v) is 10.00. The van der Waals surface area contributed by atoms with Crippen LogP contribution in [0.1, 0.15) is 55.3 Å². The first-order chi connectivity index (χ1) is 15.9. The van der Waals surface area contributed by atoms with E-state index in [-0.39, 0.29) is 12.1 Å². The van der Waals surface area contributed by atoms with E-state index in [1.54, 1.807) is 12.1 Å². The highest BCUT2D eigenvalue weighted by molar-refractivity contribution is 6.35. The smallest absolute Gasteiger partial charge is 0.315 e. The lowest BCUT2D eigenvalue weighted by molar-refractivity contribution is 0.231. The van der Waals surface area contributed by atoms with E-state index in [1.807, 2.05) is 20.2 Å². The Balaban J connectivity index is 1.26. The fourth-order valence-corrected chi connectivity index (χ4v) is 5.13. The van der Waals surface area contributed by atoms with E-state index in [0.29, 0.717) is 22.6 Å². The molecule has 1 fully saturated rings. The zero-order valence-corrected chi connectivity index (χ0v) is 20.8. The maximum atomic E-state index is 12.3. The van der Waals surface area contributed by atoms with Crippen LogP contribution < -0.4 is 20.9 Å². The summed E-state index contributed by atoms with van der Waals surface area (Å²) in [5.74, 6) is 1.77. The number of fused-ring (bicyclic) bond motifs is 1. The third-order valence-electron chi connectivity index (χ3n) is 6.44. The number of aromatic nitrogens is 2. The first-order valence-electron chi connectivity index (χ1n) is 11.7. The maximum Gasteiger partial charge on any atom is 0.315 e. The largest absolute Gasteiger partial charge is 0.362 e. The van der Waals surface area contributed by atoms with Crippen LogP contribution in [0.4, 0.5) is 16.6 Å². The fourth-order valence-electron chi connectivity index (χ4n) is 4.65. The van der Waals surface area contributed by atoms with Gasteiger partial charge in [-0.15, -0.1) is 0 Å². The molecule has 0 unspecified atom stereocenters. The third kappa shape index (κ3) is 6.21. The van der Waals surface area contributed by atoms with Crippen LogP contribution in [0.2, 0.25) is 10.0 Å². The van der Waals surface area contributed by atoms with Gasteiger partial charge in [-0.2, -0.15) is 4.98 Å². The van der Waals surface area contributed by atoms with Crippen LogP contribution in [0.3, 0.4) is 0 Å². The van der Waals surface area contributed by atoms with Crippen molar-refractivity contribution in [2.24, 2.45) is 0 Å². The van der Waals surface area contributed by atoms with Crippen LogP contribution in [-0.2, 0) is 19.4 Å². The standard InChI is InChI=1S/C24H32Cl2N6O/c1-32(2)22-19-5-3-4-6-21(19)30-23(31-22)28-17-9-11-18(12-10-17)29-24(33)27-14-15-7-8-16(25)13-20(15)26/h7-8,13,17-18H,3-6,9-12,14H2,1-2H3,(H2,27,29,33)(H,28,30,31)/t17-,18+. The number of rotatable bonds is 6. The van der Waals surface area contributed by atoms with Crippen molar-refractivity contribution in [2.75, 3.05) is 24.3 Å². The van der Waals surface area contributed by atoms with Crippen molar-refractivity contribution in [1.82, 2.24) is 20.6 Å². The number of hydrogen-bond donors (Lipinski definition) is 3. The molecular formula is C24H32Cl2N6O. The summed E-state index contributed by atoms with van der Waals surface area (Å²) in [5, 5.41) is 10.7. The molecule has 3 N–H and O–H groups in total. The number of aryl methyl sites for hydroxylation is 1. The predicted octanol–water partition coefficient (Wildman–Crippen LogP) is 4.95. The molecule has 0 spiro atoms. The highest BCUT2D eigenvalue weighted by Gasteiger charge is 2.25. The molecule has 1 aromatic carbocycles. The van der Waals surface area contributed by atoms with Crippen LogP contribution >= 0.6 is 23.2 Å². The molecule has 33 heavy (non-hydrogen) atoms. The van der Waals surface area contributed by atoms with Gasteiger partial charge in [-0.1, -0.05) is 29.3 Å². The van der Waals surface area contributed by atoms with Crippen LogP contribution in [0.15, 0.2) is 18.2 Å². The van der Waals surface area contributed by atoms with Crippen molar-refractivity contribution >= 4 is 41.0 Å². The van der Waals surface area contributed by atoms with Gasteiger partial charge in [0.2, 0.25) is 5.95 Å². The number of nitrogens with zero attached hydrogens (tertiary/aromatic N) is 3. The first-order valence-corrected chi connectivity index (χ1v) is 12.5. The lowest BCUT2D eigenvalue weighted by atomic mass is 9.91. The highest BCUT2D eigenvalue weighted by Crippen LogP contribution is 2.29. The van der Waals surface area contributed by atoms with Gasteiger partial charge in [-0.05, 0) is 69.1 Å². The number of amides is 2. The SMILES string of the molecule is CN(C)c1nc(N[C@H]2CC[C@@H](NC(=O)NCc3ccc(Cl)cc3Cl)CC2)nc2c1CCCC2. The number of urea groups is 1. The maximum absolute atomic E-state index is 12.3. The Kier molecular flexibility index (Phi) is 7.81. The molecule has 2 aliphatic carbocycles. The average molecular weight is 491 g/mol. The van der Waals surface area contributed by atoms with Crippen molar-refractivity contribution in [2.45, 2.75) is 70.0 Å². The molecule has 1 aromatic heterocycles. The van der Waals surface area contributed by atoms with Gasteiger partial charge in [0.25, 0.3) is 0 Å². The van der Waals surface area contributed by atoms with E-state index in [0.717, 1.165) is 55.9 Å². The number of halogens is 2. The Bertz CT molecular complexity index is 991. The van der Waals surface area contributed by atoms with Gasteiger partial charge in [0.1, 0.15) is 5.82 Å². The lowest BCUT2D eigenvalue weighted by Gasteiger charge is -2.30. The summed E-state index contributed by atoms with van der Waals surface area (Å²) in [6.07, 6.45) is 8.25. The Hall–Kier alpha value is -2.25. The Labute approximate surface area is 205 Å². The normalized spacial score (nSPS) is 20.0. The molecule has 7 nitrogen and oxygen atoms in total. The minimum absolute atomic E-state index is 0.158. The molecule has 0 bridgehead atoms. The molecule has 2 amide bonds. The van der Waals surface area contributed by atoms with Gasteiger partial charge in [0.15, 0.2) is 0 Å². The van der Waals surface area contributed by atoms with Crippen LogP contribution in [0, 0.1) is 0 Å². The Morgan fingerprint density at radius 2 is 1.79 bits per heavy atom. The minimum atomic E-state index is -0.175. The van der Waals surface area contributed by atoms with Gasteiger partial charge in [0, 0.05) is 48.3 Å². The molecule has 1 saturated carbocycles. The summed E-state index contributed by atoms with van der Waals surface area (Å²) in [6.45, 7) is 0.364. The van der Waals surface area contributed by atoms with Crippen molar-refractivity contribution in [3.63, 3.8) is 0 Å². The summed E-state index contributed by atoms with van der Waals surface area (Å²) >= 11 is 12.1. The van der Waals surface area contributed by atoms with E-state index >= 15 is 0 Å². The molecule has 2 aliphatic rings.